The maximum Gasteiger partial charge on any atom is 0.134 e. The molecule has 2 heteroatoms. The van der Waals surface area contributed by atoms with E-state index in [4.69, 9.17) is 16.9 Å². The predicted octanol–water partition coefficient (Wildman–Crippen LogP) is 2.62. The maximum absolute atomic E-state index is 8.63. The van der Waals surface area contributed by atoms with Crippen LogP contribution in [0.3, 0.4) is 0 Å². The molecule has 0 bridgehead atoms. The molecule has 1 aliphatic rings. The van der Waals surface area contributed by atoms with E-state index < -0.39 is 4.87 Å². The van der Waals surface area contributed by atoms with Crippen LogP contribution >= 0.6 is 11.6 Å². The van der Waals surface area contributed by atoms with Crippen molar-refractivity contribution in [2.75, 3.05) is 0 Å². The van der Waals surface area contributed by atoms with Crippen LogP contribution in [0.25, 0.3) is 0 Å². The number of halogens is 1. The number of hydrogen-bond donors (Lipinski definition) is 0. The van der Waals surface area contributed by atoms with Crippen LogP contribution < -0.4 is 0 Å². The standard InChI is InChI=1S/C8H10ClN/c1-7-2-4-8(9,6-10)5-3-7/h2H,3-5H2,1H3. The van der Waals surface area contributed by atoms with Gasteiger partial charge in [-0.2, -0.15) is 5.26 Å². The molecule has 0 aromatic heterocycles. The highest BCUT2D eigenvalue weighted by molar-refractivity contribution is 6.26. The topological polar surface area (TPSA) is 23.8 Å². The Kier molecular flexibility index (Phi) is 2.01. The van der Waals surface area contributed by atoms with Gasteiger partial charge in [0.05, 0.1) is 6.07 Å². The molecule has 0 amide bonds. The Balaban J connectivity index is 2.67. The number of alkyl halides is 1. The molecule has 1 aliphatic carbocycles. The minimum absolute atomic E-state index is 0.598. The van der Waals surface area contributed by atoms with Gasteiger partial charge in [0.1, 0.15) is 4.87 Å². The predicted molar refractivity (Wildman–Crippen MR) is 41.8 cm³/mol. The van der Waals surface area contributed by atoms with Crippen LogP contribution in [0.2, 0.25) is 0 Å². The summed E-state index contributed by atoms with van der Waals surface area (Å²) in [5.41, 5.74) is 1.35. The summed E-state index contributed by atoms with van der Waals surface area (Å²) in [6.45, 7) is 2.08. The highest BCUT2D eigenvalue weighted by Gasteiger charge is 2.27. The molecule has 0 aliphatic heterocycles. The zero-order valence-corrected chi connectivity index (χ0v) is 6.78. The zero-order valence-electron chi connectivity index (χ0n) is 6.02. The third kappa shape index (κ3) is 1.52. The second-order valence-corrected chi connectivity index (χ2v) is 3.56. The Labute approximate surface area is 66.3 Å². The Morgan fingerprint density at radius 2 is 2.50 bits per heavy atom. The number of nitriles is 1. The van der Waals surface area contributed by atoms with Crippen molar-refractivity contribution in [2.24, 2.45) is 0 Å². The second-order valence-electron chi connectivity index (χ2n) is 2.83. The van der Waals surface area contributed by atoms with Crippen molar-refractivity contribution < 1.29 is 0 Å². The lowest BCUT2D eigenvalue weighted by Crippen LogP contribution is -2.20. The molecule has 54 valence electrons. The van der Waals surface area contributed by atoms with Crippen LogP contribution in [0.15, 0.2) is 11.6 Å². The van der Waals surface area contributed by atoms with Crippen molar-refractivity contribution in [3.8, 4) is 6.07 Å². The van der Waals surface area contributed by atoms with Gasteiger partial charge in [-0.25, -0.2) is 0 Å². The van der Waals surface area contributed by atoms with Gasteiger partial charge in [0.15, 0.2) is 0 Å². The quantitative estimate of drug-likeness (QED) is 0.390. The Hall–Kier alpha value is -0.480. The molecule has 0 N–H and O–H groups in total. The van der Waals surface area contributed by atoms with Crippen LogP contribution in [0.5, 0.6) is 0 Å². The molecular weight excluding hydrogens is 146 g/mol. The SMILES string of the molecule is CC1=CCC(Cl)(C#N)CC1. The lowest BCUT2D eigenvalue weighted by atomic mass is 9.91. The first-order chi connectivity index (χ1) is 4.66. The third-order valence-corrected chi connectivity index (χ3v) is 2.32. The molecule has 0 radical (unpaired) electrons. The van der Waals surface area contributed by atoms with Gasteiger partial charge in [-0.15, -0.1) is 11.6 Å². The average molecular weight is 156 g/mol. The van der Waals surface area contributed by atoms with Gasteiger partial charge < -0.3 is 0 Å². The van der Waals surface area contributed by atoms with Crippen LogP contribution in [0.4, 0.5) is 0 Å². The molecule has 10 heavy (non-hydrogen) atoms. The van der Waals surface area contributed by atoms with E-state index in [1.165, 1.54) is 5.57 Å². The minimum Gasteiger partial charge on any atom is -0.196 e. The van der Waals surface area contributed by atoms with Gasteiger partial charge >= 0.3 is 0 Å². The van der Waals surface area contributed by atoms with Crippen LogP contribution in [-0.2, 0) is 0 Å². The first-order valence-corrected chi connectivity index (χ1v) is 3.80. The molecule has 0 aromatic rings. The molecule has 0 spiro atoms. The number of hydrogen-bond acceptors (Lipinski definition) is 1. The lowest BCUT2D eigenvalue weighted by Gasteiger charge is -2.21. The summed E-state index contributed by atoms with van der Waals surface area (Å²) in [5.74, 6) is 0. The number of rotatable bonds is 0. The fraction of sp³-hybridized carbons (Fsp3) is 0.625. The van der Waals surface area contributed by atoms with Crippen LogP contribution in [0, 0.1) is 11.3 Å². The summed E-state index contributed by atoms with van der Waals surface area (Å²) in [6.07, 6.45) is 4.53. The van der Waals surface area contributed by atoms with E-state index in [1.807, 2.05) is 0 Å². The summed E-state index contributed by atoms with van der Waals surface area (Å²) in [5, 5.41) is 8.63. The van der Waals surface area contributed by atoms with Gasteiger partial charge in [0, 0.05) is 0 Å². The highest BCUT2D eigenvalue weighted by Crippen LogP contribution is 2.32. The largest absolute Gasteiger partial charge is 0.196 e. The van der Waals surface area contributed by atoms with Gasteiger partial charge in [-0.1, -0.05) is 11.6 Å². The van der Waals surface area contributed by atoms with Gasteiger partial charge in [0.25, 0.3) is 0 Å². The molecule has 1 unspecified atom stereocenters. The molecule has 1 rings (SSSR count). The van der Waals surface area contributed by atoms with Crippen molar-refractivity contribution in [3.63, 3.8) is 0 Å². The van der Waals surface area contributed by atoms with Crippen LogP contribution in [0.1, 0.15) is 26.2 Å². The zero-order chi connectivity index (χ0) is 7.61. The second kappa shape index (κ2) is 2.64. The monoisotopic (exact) mass is 155 g/mol. The third-order valence-electron chi connectivity index (χ3n) is 1.89. The highest BCUT2D eigenvalue weighted by atomic mass is 35.5. The van der Waals surface area contributed by atoms with E-state index in [-0.39, 0.29) is 0 Å². The smallest absolute Gasteiger partial charge is 0.134 e. The first-order valence-electron chi connectivity index (χ1n) is 3.42. The van der Waals surface area contributed by atoms with Gasteiger partial charge in [0.2, 0.25) is 0 Å². The van der Waals surface area contributed by atoms with E-state index in [9.17, 15) is 0 Å². The van der Waals surface area contributed by atoms with Crippen molar-refractivity contribution in [1.82, 2.24) is 0 Å². The van der Waals surface area contributed by atoms with Crippen molar-refractivity contribution >= 4 is 11.6 Å². The molecule has 0 saturated heterocycles. The summed E-state index contributed by atoms with van der Waals surface area (Å²) in [4.78, 5) is -0.598. The maximum atomic E-state index is 8.63. The molecule has 0 saturated carbocycles. The molecule has 0 fully saturated rings. The van der Waals surface area contributed by atoms with Gasteiger partial charge in [-0.05, 0) is 26.2 Å². The first kappa shape index (κ1) is 7.63. The fourth-order valence-electron chi connectivity index (χ4n) is 1.04. The van der Waals surface area contributed by atoms with Crippen LogP contribution in [-0.4, -0.2) is 4.87 Å². The normalized spacial score (nSPS) is 32.7. The summed E-state index contributed by atoms with van der Waals surface area (Å²) >= 11 is 5.92. The van der Waals surface area contributed by atoms with E-state index in [2.05, 4.69) is 19.1 Å². The molecule has 1 atom stereocenters. The number of nitrogens with zero attached hydrogens (tertiary/aromatic N) is 1. The molecule has 0 heterocycles. The Morgan fingerprint density at radius 3 is 2.90 bits per heavy atom. The van der Waals surface area contributed by atoms with Gasteiger partial charge in [-0.3, -0.25) is 0 Å². The van der Waals surface area contributed by atoms with E-state index >= 15 is 0 Å². The fourth-order valence-corrected chi connectivity index (χ4v) is 1.21. The van der Waals surface area contributed by atoms with Crippen molar-refractivity contribution in [1.29, 1.82) is 5.26 Å². The van der Waals surface area contributed by atoms with Crippen molar-refractivity contribution in [3.05, 3.63) is 11.6 Å². The minimum atomic E-state index is -0.598. The molecule has 1 nitrogen and oxygen atoms in total. The molecule has 0 aromatic carbocycles. The Bertz CT molecular complexity index is 202. The van der Waals surface area contributed by atoms with E-state index in [0.29, 0.717) is 6.42 Å². The van der Waals surface area contributed by atoms with E-state index in [1.54, 1.807) is 0 Å². The summed E-state index contributed by atoms with van der Waals surface area (Å²) < 4.78 is 0. The summed E-state index contributed by atoms with van der Waals surface area (Å²) in [7, 11) is 0. The lowest BCUT2D eigenvalue weighted by molar-refractivity contribution is 0.614. The Morgan fingerprint density at radius 1 is 1.80 bits per heavy atom. The average Bonchev–Trinajstić information content (AvgIpc) is 1.96. The molecular formula is C8H10ClN. The number of allylic oxidation sites excluding steroid dienone is 2. The van der Waals surface area contributed by atoms with E-state index in [0.717, 1.165) is 12.8 Å². The summed E-state index contributed by atoms with van der Waals surface area (Å²) in [6, 6.07) is 2.12. The van der Waals surface area contributed by atoms with Crippen molar-refractivity contribution in [2.45, 2.75) is 31.1 Å².